The maximum atomic E-state index is 11.0. The number of carbonyl (C=O) groups is 1. The Bertz CT molecular complexity index is 395. The topological polar surface area (TPSA) is 59.4 Å². The van der Waals surface area contributed by atoms with Gasteiger partial charge in [-0.1, -0.05) is 6.92 Å². The summed E-state index contributed by atoms with van der Waals surface area (Å²) in [5.41, 5.74) is 0.680. The van der Waals surface area contributed by atoms with Gasteiger partial charge < -0.3 is 9.84 Å². The van der Waals surface area contributed by atoms with E-state index in [0.29, 0.717) is 10.6 Å². The van der Waals surface area contributed by atoms with Crippen LogP contribution in [0.3, 0.4) is 0 Å². The second-order valence-electron chi connectivity index (χ2n) is 4.09. The fraction of sp³-hybridized carbons (Fsp3) is 0.600. The first-order valence-corrected chi connectivity index (χ1v) is 5.61. The van der Waals surface area contributed by atoms with Crippen molar-refractivity contribution in [2.24, 2.45) is 0 Å². The van der Waals surface area contributed by atoms with Crippen molar-refractivity contribution in [3.05, 3.63) is 15.6 Å². The van der Waals surface area contributed by atoms with Crippen molar-refractivity contribution >= 4 is 17.3 Å². The lowest BCUT2D eigenvalue weighted by Crippen LogP contribution is -2.01. The van der Waals surface area contributed by atoms with E-state index in [2.05, 4.69) is 11.9 Å². The van der Waals surface area contributed by atoms with Gasteiger partial charge in [0.1, 0.15) is 4.88 Å². The highest BCUT2D eigenvalue weighted by Gasteiger charge is 2.42. The summed E-state index contributed by atoms with van der Waals surface area (Å²) in [6.45, 7) is 2.39. The molecular formula is C10H13NO3S. The van der Waals surface area contributed by atoms with Crippen molar-refractivity contribution in [3.63, 3.8) is 0 Å². The number of ether oxygens (including phenoxy) is 1. The Hall–Kier alpha value is -0.940. The highest BCUT2D eigenvalue weighted by molar-refractivity contribution is 7.13. The standard InChI is InChI=1S/C10H13NO3S/c1-10(3-4-10)9-11-6(5-14-2)7(15-9)8(12)13/h3-5H2,1-2H3,(H,12,13). The van der Waals surface area contributed by atoms with E-state index >= 15 is 0 Å². The highest BCUT2D eigenvalue weighted by Crippen LogP contribution is 2.49. The van der Waals surface area contributed by atoms with E-state index in [-0.39, 0.29) is 12.0 Å². The predicted molar refractivity (Wildman–Crippen MR) is 56.4 cm³/mol. The lowest BCUT2D eigenvalue weighted by Gasteiger charge is -2.00. The van der Waals surface area contributed by atoms with E-state index in [4.69, 9.17) is 9.84 Å². The van der Waals surface area contributed by atoms with Crippen LogP contribution in [0.5, 0.6) is 0 Å². The number of carboxylic acid groups (broad SMARTS) is 1. The van der Waals surface area contributed by atoms with Gasteiger partial charge in [0.2, 0.25) is 0 Å². The Labute approximate surface area is 91.9 Å². The van der Waals surface area contributed by atoms with E-state index in [1.54, 1.807) is 7.11 Å². The number of thiazole rings is 1. The molecule has 0 aliphatic heterocycles. The molecule has 0 atom stereocenters. The van der Waals surface area contributed by atoms with E-state index in [1.165, 1.54) is 11.3 Å². The second-order valence-corrected chi connectivity index (χ2v) is 5.09. The molecule has 15 heavy (non-hydrogen) atoms. The lowest BCUT2D eigenvalue weighted by molar-refractivity contribution is 0.0697. The summed E-state index contributed by atoms with van der Waals surface area (Å²) >= 11 is 1.29. The Kier molecular flexibility index (Phi) is 2.52. The van der Waals surface area contributed by atoms with Crippen molar-refractivity contribution < 1.29 is 14.6 Å². The molecule has 0 spiro atoms. The molecule has 1 heterocycles. The molecule has 1 fully saturated rings. The van der Waals surface area contributed by atoms with Gasteiger partial charge >= 0.3 is 5.97 Å². The first-order chi connectivity index (χ1) is 7.07. The van der Waals surface area contributed by atoms with Gasteiger partial charge in [0.15, 0.2) is 0 Å². The number of nitrogens with zero attached hydrogens (tertiary/aromatic N) is 1. The fourth-order valence-corrected chi connectivity index (χ4v) is 2.52. The SMILES string of the molecule is COCc1nc(C2(C)CC2)sc1C(=O)O. The molecule has 1 aromatic heterocycles. The molecule has 1 aromatic rings. The molecule has 1 saturated carbocycles. The maximum Gasteiger partial charge on any atom is 0.347 e. The Balaban J connectivity index is 2.35. The van der Waals surface area contributed by atoms with Gasteiger partial charge in [0.05, 0.1) is 17.3 Å². The summed E-state index contributed by atoms with van der Waals surface area (Å²) in [4.78, 5) is 15.7. The number of aromatic carboxylic acids is 1. The van der Waals surface area contributed by atoms with Gasteiger partial charge in [-0.05, 0) is 12.8 Å². The van der Waals surface area contributed by atoms with Gasteiger partial charge in [-0.3, -0.25) is 0 Å². The van der Waals surface area contributed by atoms with Crippen molar-refractivity contribution in [2.75, 3.05) is 7.11 Å². The predicted octanol–water partition coefficient (Wildman–Crippen LogP) is 2.04. The summed E-state index contributed by atoms with van der Waals surface area (Å²) in [5.74, 6) is -0.907. The number of rotatable bonds is 4. The van der Waals surface area contributed by atoms with Crippen LogP contribution >= 0.6 is 11.3 Å². The summed E-state index contributed by atoms with van der Waals surface area (Å²) in [7, 11) is 1.55. The first-order valence-electron chi connectivity index (χ1n) is 4.79. The Morgan fingerprint density at radius 3 is 2.80 bits per heavy atom. The molecule has 1 aliphatic rings. The van der Waals surface area contributed by atoms with Gasteiger partial charge in [0, 0.05) is 12.5 Å². The van der Waals surface area contributed by atoms with E-state index in [9.17, 15) is 4.79 Å². The highest BCUT2D eigenvalue weighted by atomic mass is 32.1. The number of carboxylic acids is 1. The van der Waals surface area contributed by atoms with Gasteiger partial charge in [-0.2, -0.15) is 0 Å². The minimum atomic E-state index is -0.907. The summed E-state index contributed by atoms with van der Waals surface area (Å²) in [6.07, 6.45) is 2.21. The van der Waals surface area contributed by atoms with Crippen LogP contribution in [-0.4, -0.2) is 23.2 Å². The number of methoxy groups -OCH3 is 1. The molecule has 1 N–H and O–H groups in total. The molecule has 0 saturated heterocycles. The van der Waals surface area contributed by atoms with Crippen LogP contribution in [0.2, 0.25) is 0 Å². The summed E-state index contributed by atoms with van der Waals surface area (Å²) in [5, 5.41) is 9.94. The Morgan fingerprint density at radius 2 is 2.33 bits per heavy atom. The van der Waals surface area contributed by atoms with Gasteiger partial charge in [0.25, 0.3) is 0 Å². The van der Waals surface area contributed by atoms with Crippen LogP contribution < -0.4 is 0 Å². The van der Waals surface area contributed by atoms with Crippen LogP contribution in [-0.2, 0) is 16.8 Å². The second kappa shape index (κ2) is 3.57. The minimum absolute atomic E-state index is 0.126. The van der Waals surface area contributed by atoms with Crippen LogP contribution in [0.25, 0.3) is 0 Å². The molecule has 0 unspecified atom stereocenters. The van der Waals surface area contributed by atoms with Gasteiger partial charge in [-0.15, -0.1) is 11.3 Å². The molecular weight excluding hydrogens is 214 g/mol. The zero-order valence-corrected chi connectivity index (χ0v) is 9.56. The summed E-state index contributed by atoms with van der Waals surface area (Å²) < 4.78 is 4.95. The van der Waals surface area contributed by atoms with Crippen molar-refractivity contribution in [3.8, 4) is 0 Å². The number of hydrogen-bond donors (Lipinski definition) is 1. The molecule has 0 bridgehead atoms. The third kappa shape index (κ3) is 1.89. The monoisotopic (exact) mass is 227 g/mol. The molecule has 1 aliphatic carbocycles. The van der Waals surface area contributed by atoms with Crippen LogP contribution in [0, 0.1) is 0 Å². The largest absolute Gasteiger partial charge is 0.477 e. The lowest BCUT2D eigenvalue weighted by atomic mass is 10.2. The van der Waals surface area contributed by atoms with Crippen LogP contribution in [0.1, 0.15) is 40.1 Å². The van der Waals surface area contributed by atoms with Crippen molar-refractivity contribution in [1.82, 2.24) is 4.98 Å². The third-order valence-electron chi connectivity index (χ3n) is 2.69. The molecule has 0 radical (unpaired) electrons. The average Bonchev–Trinajstić information content (AvgIpc) is 2.78. The molecule has 2 rings (SSSR count). The number of aromatic nitrogens is 1. The van der Waals surface area contributed by atoms with E-state index in [1.807, 2.05) is 0 Å². The molecule has 5 heteroatoms. The smallest absolute Gasteiger partial charge is 0.347 e. The maximum absolute atomic E-state index is 11.0. The zero-order valence-electron chi connectivity index (χ0n) is 8.74. The number of hydrogen-bond acceptors (Lipinski definition) is 4. The summed E-state index contributed by atoms with van der Waals surface area (Å²) in [6, 6.07) is 0. The third-order valence-corrected chi connectivity index (χ3v) is 4.08. The molecule has 82 valence electrons. The Morgan fingerprint density at radius 1 is 1.67 bits per heavy atom. The van der Waals surface area contributed by atoms with E-state index in [0.717, 1.165) is 17.8 Å². The average molecular weight is 227 g/mol. The molecule has 4 nitrogen and oxygen atoms in total. The van der Waals surface area contributed by atoms with Crippen molar-refractivity contribution in [2.45, 2.75) is 31.8 Å². The molecule has 0 aromatic carbocycles. The minimum Gasteiger partial charge on any atom is -0.477 e. The van der Waals surface area contributed by atoms with Gasteiger partial charge in [-0.25, -0.2) is 9.78 Å². The van der Waals surface area contributed by atoms with Crippen LogP contribution in [0.15, 0.2) is 0 Å². The van der Waals surface area contributed by atoms with Crippen molar-refractivity contribution in [1.29, 1.82) is 0 Å². The van der Waals surface area contributed by atoms with Crippen LogP contribution in [0.4, 0.5) is 0 Å². The fourth-order valence-electron chi connectivity index (χ4n) is 1.41. The zero-order chi connectivity index (χ0) is 11.1. The molecule has 0 amide bonds. The van der Waals surface area contributed by atoms with E-state index < -0.39 is 5.97 Å². The quantitative estimate of drug-likeness (QED) is 0.855. The normalized spacial score (nSPS) is 17.7. The first kappa shape index (κ1) is 10.6.